The van der Waals surface area contributed by atoms with E-state index in [9.17, 15) is 5.11 Å². The van der Waals surface area contributed by atoms with Crippen LogP contribution in [0.15, 0.2) is 78.9 Å². The lowest BCUT2D eigenvalue weighted by Gasteiger charge is -2.34. The van der Waals surface area contributed by atoms with E-state index in [1.54, 1.807) is 7.11 Å². The monoisotopic (exact) mass is 474 g/mol. The zero-order chi connectivity index (χ0) is 24.5. The molecule has 1 aliphatic rings. The van der Waals surface area contributed by atoms with Gasteiger partial charge in [-0.25, -0.2) is 0 Å². The molecule has 186 valence electrons. The molecule has 1 unspecified atom stereocenters. The van der Waals surface area contributed by atoms with Gasteiger partial charge in [-0.1, -0.05) is 67.6 Å². The molecule has 1 heterocycles. The highest BCUT2D eigenvalue weighted by Gasteiger charge is 2.32. The van der Waals surface area contributed by atoms with Gasteiger partial charge in [-0.15, -0.1) is 0 Å². The van der Waals surface area contributed by atoms with E-state index in [0.29, 0.717) is 18.8 Å². The molecule has 3 aromatic carbocycles. The maximum atomic E-state index is 11.5. The van der Waals surface area contributed by atoms with Crippen molar-refractivity contribution in [2.45, 2.75) is 31.9 Å². The summed E-state index contributed by atoms with van der Waals surface area (Å²) in [5.41, 5.74) is 1.90. The smallest absolute Gasteiger partial charge is 0.125 e. The average Bonchev–Trinajstić information content (AvgIpc) is 2.92. The molecule has 1 saturated heterocycles. The van der Waals surface area contributed by atoms with Gasteiger partial charge in [-0.3, -0.25) is 4.90 Å². The second-order valence-electron chi connectivity index (χ2n) is 9.24. The van der Waals surface area contributed by atoms with Crippen LogP contribution in [0.3, 0.4) is 0 Å². The summed E-state index contributed by atoms with van der Waals surface area (Å²) in [4.78, 5) is 5.06. The van der Waals surface area contributed by atoms with Gasteiger partial charge in [0.05, 0.1) is 13.7 Å². The van der Waals surface area contributed by atoms with E-state index in [1.807, 2.05) is 55.5 Å². The van der Waals surface area contributed by atoms with Crippen LogP contribution in [0.5, 0.6) is 11.5 Å². The first-order valence-electron chi connectivity index (χ1n) is 12.7. The minimum absolute atomic E-state index is 0.548. The van der Waals surface area contributed by atoms with E-state index < -0.39 is 5.60 Å². The second kappa shape index (κ2) is 12.2. The Labute approximate surface area is 209 Å². The van der Waals surface area contributed by atoms with Crippen molar-refractivity contribution in [3.63, 3.8) is 0 Å². The van der Waals surface area contributed by atoms with Gasteiger partial charge < -0.3 is 19.5 Å². The first-order chi connectivity index (χ1) is 17.1. The van der Waals surface area contributed by atoms with Crippen molar-refractivity contribution in [2.24, 2.45) is 0 Å². The minimum Gasteiger partial charge on any atom is -0.496 e. The van der Waals surface area contributed by atoms with Crippen LogP contribution >= 0.6 is 0 Å². The Bertz CT molecular complexity index is 1030. The molecule has 0 saturated carbocycles. The molecular weight excluding hydrogens is 436 g/mol. The molecule has 1 fully saturated rings. The lowest BCUT2D eigenvalue weighted by atomic mass is 9.83. The Morgan fingerprint density at radius 1 is 0.829 bits per heavy atom. The van der Waals surface area contributed by atoms with Gasteiger partial charge in [0.1, 0.15) is 17.1 Å². The van der Waals surface area contributed by atoms with E-state index in [2.05, 4.69) is 40.1 Å². The van der Waals surface area contributed by atoms with Gasteiger partial charge in [0, 0.05) is 44.8 Å². The highest BCUT2D eigenvalue weighted by atomic mass is 16.5. The summed E-state index contributed by atoms with van der Waals surface area (Å²) < 4.78 is 11.5. The van der Waals surface area contributed by atoms with Crippen LogP contribution < -0.4 is 9.47 Å². The summed E-state index contributed by atoms with van der Waals surface area (Å²) in [6.07, 6.45) is 1.55. The predicted molar refractivity (Wildman–Crippen MR) is 141 cm³/mol. The van der Waals surface area contributed by atoms with Crippen molar-refractivity contribution in [3.05, 3.63) is 95.6 Å². The number of aliphatic hydroxyl groups is 1. The molecule has 35 heavy (non-hydrogen) atoms. The summed E-state index contributed by atoms with van der Waals surface area (Å²) in [5, 5.41) is 11.5. The first-order valence-corrected chi connectivity index (χ1v) is 12.7. The topological polar surface area (TPSA) is 45.2 Å². The fraction of sp³-hybridized carbons (Fsp3) is 0.400. The quantitative estimate of drug-likeness (QED) is 0.400. The van der Waals surface area contributed by atoms with Crippen molar-refractivity contribution in [2.75, 3.05) is 46.4 Å². The SMILES string of the molecule is CCC(O)(c1ccc(OCCCN2CCN(Cc3ccccc3)CC2)cc1)c1ccccc1OC. The highest BCUT2D eigenvalue weighted by molar-refractivity contribution is 5.45. The van der Waals surface area contributed by atoms with Crippen molar-refractivity contribution in [1.82, 2.24) is 9.80 Å². The van der Waals surface area contributed by atoms with Crippen molar-refractivity contribution >= 4 is 0 Å². The third kappa shape index (κ3) is 6.43. The molecule has 5 nitrogen and oxygen atoms in total. The lowest BCUT2D eigenvalue weighted by Crippen LogP contribution is -2.46. The van der Waals surface area contributed by atoms with E-state index in [4.69, 9.17) is 9.47 Å². The fourth-order valence-corrected chi connectivity index (χ4v) is 4.85. The molecule has 0 aromatic heterocycles. The number of hydrogen-bond donors (Lipinski definition) is 1. The largest absolute Gasteiger partial charge is 0.496 e. The normalized spacial score (nSPS) is 16.5. The molecule has 3 aromatic rings. The fourth-order valence-electron chi connectivity index (χ4n) is 4.85. The summed E-state index contributed by atoms with van der Waals surface area (Å²) in [6, 6.07) is 26.2. The summed E-state index contributed by atoms with van der Waals surface area (Å²) in [5.74, 6) is 1.53. The highest BCUT2D eigenvalue weighted by Crippen LogP contribution is 2.38. The molecule has 0 radical (unpaired) electrons. The van der Waals surface area contributed by atoms with E-state index in [1.165, 1.54) is 5.56 Å². The molecule has 0 amide bonds. The summed E-state index contributed by atoms with van der Waals surface area (Å²) >= 11 is 0. The van der Waals surface area contributed by atoms with Crippen LogP contribution in [0.2, 0.25) is 0 Å². The van der Waals surface area contributed by atoms with E-state index in [0.717, 1.165) is 62.6 Å². The number of hydrogen-bond acceptors (Lipinski definition) is 5. The Morgan fingerprint density at radius 2 is 1.49 bits per heavy atom. The Kier molecular flexibility index (Phi) is 8.80. The predicted octanol–water partition coefficient (Wildman–Crippen LogP) is 4.93. The Balaban J connectivity index is 1.22. The lowest BCUT2D eigenvalue weighted by molar-refractivity contribution is 0.0736. The molecule has 1 N–H and O–H groups in total. The molecule has 1 aliphatic heterocycles. The Hall–Kier alpha value is -2.86. The number of rotatable bonds is 11. The maximum absolute atomic E-state index is 11.5. The van der Waals surface area contributed by atoms with Gasteiger partial charge in [0.25, 0.3) is 0 Å². The van der Waals surface area contributed by atoms with E-state index in [-0.39, 0.29) is 0 Å². The maximum Gasteiger partial charge on any atom is 0.125 e. The van der Waals surface area contributed by atoms with Crippen LogP contribution in [-0.2, 0) is 12.1 Å². The molecule has 0 bridgehead atoms. The number of nitrogens with zero attached hydrogens (tertiary/aromatic N) is 2. The van der Waals surface area contributed by atoms with Crippen LogP contribution in [-0.4, -0.2) is 61.3 Å². The third-order valence-corrected chi connectivity index (χ3v) is 7.00. The van der Waals surface area contributed by atoms with Crippen LogP contribution in [0.4, 0.5) is 0 Å². The van der Waals surface area contributed by atoms with Crippen LogP contribution in [0, 0.1) is 0 Å². The zero-order valence-corrected chi connectivity index (χ0v) is 21.0. The Morgan fingerprint density at radius 3 is 2.17 bits per heavy atom. The number of para-hydroxylation sites is 1. The van der Waals surface area contributed by atoms with Crippen molar-refractivity contribution in [1.29, 1.82) is 0 Å². The second-order valence-corrected chi connectivity index (χ2v) is 9.24. The molecule has 0 aliphatic carbocycles. The molecular formula is C30H38N2O3. The standard InChI is InChI=1S/C30H38N2O3/c1-3-30(33,28-12-7-8-13-29(28)34-2)26-14-16-27(17-15-26)35-23-9-18-31-19-21-32(22-20-31)24-25-10-5-4-6-11-25/h4-8,10-17,33H,3,9,18-24H2,1-2H3. The van der Waals surface area contributed by atoms with Crippen molar-refractivity contribution < 1.29 is 14.6 Å². The molecule has 1 atom stereocenters. The summed E-state index contributed by atoms with van der Waals surface area (Å²) in [7, 11) is 1.64. The third-order valence-electron chi connectivity index (χ3n) is 7.00. The van der Waals surface area contributed by atoms with Gasteiger partial charge in [0.2, 0.25) is 0 Å². The first kappa shape index (κ1) is 25.2. The van der Waals surface area contributed by atoms with Gasteiger partial charge in [-0.2, -0.15) is 0 Å². The minimum atomic E-state index is -1.10. The summed E-state index contributed by atoms with van der Waals surface area (Å²) in [6.45, 7) is 9.22. The molecule has 4 rings (SSSR count). The number of ether oxygens (including phenoxy) is 2. The average molecular weight is 475 g/mol. The van der Waals surface area contributed by atoms with Gasteiger partial charge in [0.15, 0.2) is 0 Å². The number of benzene rings is 3. The van der Waals surface area contributed by atoms with Crippen LogP contribution in [0.1, 0.15) is 36.5 Å². The van der Waals surface area contributed by atoms with Crippen molar-refractivity contribution in [3.8, 4) is 11.5 Å². The zero-order valence-electron chi connectivity index (χ0n) is 21.0. The van der Waals surface area contributed by atoms with E-state index >= 15 is 0 Å². The number of methoxy groups -OCH3 is 1. The molecule has 0 spiro atoms. The van der Waals surface area contributed by atoms with Crippen LogP contribution in [0.25, 0.3) is 0 Å². The molecule has 5 heteroatoms. The van der Waals surface area contributed by atoms with Gasteiger partial charge in [-0.05, 0) is 42.2 Å². The number of piperazine rings is 1. The van der Waals surface area contributed by atoms with Gasteiger partial charge >= 0.3 is 0 Å².